The second kappa shape index (κ2) is 9.11. The number of nitrogens with zero attached hydrogens (tertiary/aromatic N) is 3. The van der Waals surface area contributed by atoms with Gasteiger partial charge in [0.15, 0.2) is 0 Å². The number of halogens is 1. The quantitative estimate of drug-likeness (QED) is 0.859. The van der Waals surface area contributed by atoms with E-state index in [1.54, 1.807) is 0 Å². The van der Waals surface area contributed by atoms with Gasteiger partial charge in [0, 0.05) is 50.8 Å². The first-order chi connectivity index (χ1) is 11.0. The summed E-state index contributed by atoms with van der Waals surface area (Å²) in [6.07, 6.45) is 1.02. The van der Waals surface area contributed by atoms with Crippen molar-refractivity contribution in [1.29, 1.82) is 0 Å². The minimum Gasteiger partial charge on any atom is -0.337 e. The van der Waals surface area contributed by atoms with Crippen molar-refractivity contribution in [2.75, 3.05) is 59.9 Å². The van der Waals surface area contributed by atoms with Gasteiger partial charge in [-0.25, -0.2) is 4.79 Å². The molecule has 1 heterocycles. The molecule has 0 atom stereocenters. The molecule has 128 valence electrons. The smallest absolute Gasteiger partial charge is 0.317 e. The maximum absolute atomic E-state index is 12.1. The van der Waals surface area contributed by atoms with Crippen LogP contribution in [-0.2, 0) is 6.42 Å². The van der Waals surface area contributed by atoms with Crippen molar-refractivity contribution < 1.29 is 4.79 Å². The Morgan fingerprint density at radius 3 is 2.43 bits per heavy atom. The molecule has 2 rings (SSSR count). The number of carbonyl (C=O) groups is 1. The lowest BCUT2D eigenvalue weighted by Crippen LogP contribution is -2.52. The number of hydrogen-bond acceptors (Lipinski definition) is 3. The fraction of sp³-hybridized carbons (Fsp3) is 0.588. The average molecular weight is 339 g/mol. The minimum absolute atomic E-state index is 0.0594. The lowest BCUT2D eigenvalue weighted by molar-refractivity contribution is 0.139. The van der Waals surface area contributed by atoms with Gasteiger partial charge in [0.05, 0.1) is 0 Å². The van der Waals surface area contributed by atoms with Crippen molar-refractivity contribution >= 4 is 17.6 Å². The standard InChI is InChI=1S/C17H27ClN4O/c1-20(2)10-8-19-17(23)22-13-11-21(12-14-22)9-7-15-3-5-16(18)6-4-15/h3-6H,7-14H2,1-2H3,(H,19,23). The van der Waals surface area contributed by atoms with Crippen LogP contribution in [0.4, 0.5) is 4.79 Å². The summed E-state index contributed by atoms with van der Waals surface area (Å²) in [5.41, 5.74) is 1.30. The van der Waals surface area contributed by atoms with Crippen molar-refractivity contribution in [3.05, 3.63) is 34.9 Å². The van der Waals surface area contributed by atoms with Crippen molar-refractivity contribution in [2.45, 2.75) is 6.42 Å². The van der Waals surface area contributed by atoms with E-state index >= 15 is 0 Å². The summed E-state index contributed by atoms with van der Waals surface area (Å²) in [6, 6.07) is 8.09. The molecule has 1 aromatic rings. The molecule has 1 aliphatic heterocycles. The summed E-state index contributed by atoms with van der Waals surface area (Å²) in [7, 11) is 4.01. The van der Waals surface area contributed by atoms with E-state index in [1.165, 1.54) is 5.56 Å². The average Bonchev–Trinajstić information content (AvgIpc) is 2.54. The highest BCUT2D eigenvalue weighted by atomic mass is 35.5. The Morgan fingerprint density at radius 1 is 1.17 bits per heavy atom. The Kier molecular flexibility index (Phi) is 7.15. The van der Waals surface area contributed by atoms with Gasteiger partial charge in [-0.05, 0) is 38.2 Å². The summed E-state index contributed by atoms with van der Waals surface area (Å²) in [5, 5.41) is 3.76. The van der Waals surface area contributed by atoms with E-state index in [9.17, 15) is 4.79 Å². The zero-order valence-electron chi connectivity index (χ0n) is 14.1. The molecule has 5 nitrogen and oxygen atoms in total. The summed E-state index contributed by atoms with van der Waals surface area (Å²) in [5.74, 6) is 0. The van der Waals surface area contributed by atoms with Gasteiger partial charge in [0.25, 0.3) is 0 Å². The predicted octanol–water partition coefficient (Wildman–Crippen LogP) is 1.77. The van der Waals surface area contributed by atoms with E-state index in [1.807, 2.05) is 31.1 Å². The van der Waals surface area contributed by atoms with Gasteiger partial charge in [0.2, 0.25) is 0 Å². The molecule has 0 spiro atoms. The fourth-order valence-electron chi connectivity index (χ4n) is 2.61. The molecule has 1 aromatic carbocycles. The second-order valence-corrected chi connectivity index (χ2v) is 6.68. The summed E-state index contributed by atoms with van der Waals surface area (Å²) in [6.45, 7) is 6.07. The van der Waals surface area contributed by atoms with E-state index in [4.69, 9.17) is 11.6 Å². The number of likely N-dealkylation sites (N-methyl/N-ethyl adjacent to an activating group) is 1. The monoisotopic (exact) mass is 338 g/mol. The molecule has 6 heteroatoms. The van der Waals surface area contributed by atoms with Crippen LogP contribution in [0.15, 0.2) is 24.3 Å². The van der Waals surface area contributed by atoms with Crippen molar-refractivity contribution in [1.82, 2.24) is 20.0 Å². The molecule has 1 fully saturated rings. The Balaban J connectivity index is 1.65. The number of rotatable bonds is 6. The van der Waals surface area contributed by atoms with Gasteiger partial charge in [-0.2, -0.15) is 0 Å². The van der Waals surface area contributed by atoms with Crippen LogP contribution in [0.3, 0.4) is 0 Å². The molecule has 0 bridgehead atoms. The number of carbonyl (C=O) groups excluding carboxylic acids is 1. The van der Waals surface area contributed by atoms with Crippen LogP contribution >= 0.6 is 11.6 Å². The maximum atomic E-state index is 12.1. The lowest BCUT2D eigenvalue weighted by atomic mass is 10.1. The fourth-order valence-corrected chi connectivity index (χ4v) is 2.74. The molecule has 1 saturated heterocycles. The molecular weight excluding hydrogens is 312 g/mol. The largest absolute Gasteiger partial charge is 0.337 e. The number of benzene rings is 1. The molecule has 1 aliphatic rings. The van der Waals surface area contributed by atoms with Crippen molar-refractivity contribution in [3.63, 3.8) is 0 Å². The third-order valence-corrected chi connectivity index (χ3v) is 4.38. The number of nitrogens with one attached hydrogen (secondary N) is 1. The highest BCUT2D eigenvalue weighted by Gasteiger charge is 2.20. The molecule has 0 radical (unpaired) electrons. The van der Waals surface area contributed by atoms with Crippen LogP contribution in [0.1, 0.15) is 5.56 Å². The van der Waals surface area contributed by atoms with Crippen LogP contribution in [0.25, 0.3) is 0 Å². The molecule has 23 heavy (non-hydrogen) atoms. The maximum Gasteiger partial charge on any atom is 0.317 e. The lowest BCUT2D eigenvalue weighted by Gasteiger charge is -2.34. The summed E-state index contributed by atoms with van der Waals surface area (Å²) >= 11 is 5.90. The van der Waals surface area contributed by atoms with E-state index < -0.39 is 0 Å². The highest BCUT2D eigenvalue weighted by molar-refractivity contribution is 6.30. The third kappa shape index (κ3) is 6.37. The summed E-state index contributed by atoms with van der Waals surface area (Å²) < 4.78 is 0. The van der Waals surface area contributed by atoms with Crippen molar-refractivity contribution in [3.8, 4) is 0 Å². The predicted molar refractivity (Wildman–Crippen MR) is 95.1 cm³/mol. The SMILES string of the molecule is CN(C)CCNC(=O)N1CCN(CCc2ccc(Cl)cc2)CC1. The normalized spacial score (nSPS) is 15.9. The highest BCUT2D eigenvalue weighted by Crippen LogP contribution is 2.11. The van der Waals surface area contributed by atoms with Crippen molar-refractivity contribution in [2.24, 2.45) is 0 Å². The first-order valence-electron chi connectivity index (χ1n) is 8.19. The van der Waals surface area contributed by atoms with Crippen LogP contribution in [0, 0.1) is 0 Å². The van der Waals surface area contributed by atoms with Crippen LogP contribution in [0.5, 0.6) is 0 Å². The van der Waals surface area contributed by atoms with Crippen LogP contribution in [0.2, 0.25) is 5.02 Å². The number of urea groups is 1. The molecule has 1 N–H and O–H groups in total. The number of piperazine rings is 1. The van der Waals surface area contributed by atoms with E-state index in [0.29, 0.717) is 6.54 Å². The molecule has 0 aromatic heterocycles. The van der Waals surface area contributed by atoms with E-state index in [0.717, 1.165) is 50.7 Å². The van der Waals surface area contributed by atoms with E-state index in [2.05, 4.69) is 27.2 Å². The zero-order chi connectivity index (χ0) is 16.7. The minimum atomic E-state index is 0.0594. The van der Waals surface area contributed by atoms with Gasteiger partial charge < -0.3 is 15.1 Å². The van der Waals surface area contributed by atoms with Gasteiger partial charge in [-0.1, -0.05) is 23.7 Å². The van der Waals surface area contributed by atoms with Crippen LogP contribution in [-0.4, -0.2) is 80.6 Å². The topological polar surface area (TPSA) is 38.8 Å². The first-order valence-corrected chi connectivity index (χ1v) is 8.56. The molecule has 0 saturated carbocycles. The first kappa shape index (κ1) is 18.0. The third-order valence-electron chi connectivity index (χ3n) is 4.12. The molecule has 0 aliphatic carbocycles. The second-order valence-electron chi connectivity index (χ2n) is 6.24. The zero-order valence-corrected chi connectivity index (χ0v) is 14.9. The number of amides is 2. The molecule has 0 unspecified atom stereocenters. The Morgan fingerprint density at radius 2 is 1.83 bits per heavy atom. The Bertz CT molecular complexity index is 484. The van der Waals surface area contributed by atoms with Gasteiger partial charge >= 0.3 is 6.03 Å². The van der Waals surface area contributed by atoms with Gasteiger partial charge in [-0.15, -0.1) is 0 Å². The van der Waals surface area contributed by atoms with E-state index in [-0.39, 0.29) is 6.03 Å². The summed E-state index contributed by atoms with van der Waals surface area (Å²) in [4.78, 5) is 18.5. The van der Waals surface area contributed by atoms with Gasteiger partial charge in [-0.3, -0.25) is 4.90 Å². The Hall–Kier alpha value is -1.30. The molecule has 2 amide bonds. The number of hydrogen-bond donors (Lipinski definition) is 1. The Labute approximate surface area is 144 Å². The molecular formula is C17H27ClN4O. The van der Waals surface area contributed by atoms with Gasteiger partial charge in [0.1, 0.15) is 0 Å². The van der Waals surface area contributed by atoms with Crippen LogP contribution < -0.4 is 5.32 Å².